The molecule has 1 aromatic heterocycles. The van der Waals surface area contributed by atoms with Gasteiger partial charge in [0.1, 0.15) is 5.03 Å². The fourth-order valence-electron chi connectivity index (χ4n) is 2.19. The van der Waals surface area contributed by atoms with E-state index in [1.165, 1.54) is 12.3 Å². The summed E-state index contributed by atoms with van der Waals surface area (Å²) < 4.78 is 0. The van der Waals surface area contributed by atoms with Crippen molar-refractivity contribution >= 4 is 29.3 Å². The molecule has 1 N–H and O–H groups in total. The minimum Gasteiger partial charge on any atom is -0.478 e. The molecule has 0 fully saturated rings. The highest BCUT2D eigenvalue weighted by atomic mass is 32.2. The Morgan fingerprint density at radius 3 is 2.48 bits per heavy atom. The summed E-state index contributed by atoms with van der Waals surface area (Å²) in [7, 11) is 0. The number of carboxylic acid groups (broad SMARTS) is 1. The number of hydrogen-bond acceptors (Lipinski definition) is 4. The second kappa shape index (κ2) is 7.78. The first-order valence-electron chi connectivity index (χ1n) is 7.19. The monoisotopic (exact) mass is 330 g/mol. The van der Waals surface area contributed by atoms with Gasteiger partial charge < -0.3 is 10.0 Å². The number of aromatic nitrogens is 1. The van der Waals surface area contributed by atoms with Gasteiger partial charge in [0, 0.05) is 17.9 Å². The Morgan fingerprint density at radius 2 is 1.87 bits per heavy atom. The molecule has 0 aliphatic heterocycles. The van der Waals surface area contributed by atoms with E-state index < -0.39 is 5.97 Å². The van der Waals surface area contributed by atoms with Gasteiger partial charge in [-0.25, -0.2) is 9.78 Å². The Labute approximate surface area is 139 Å². The second-order valence-corrected chi connectivity index (χ2v) is 6.11. The number of thioether (sulfide) groups is 1. The topological polar surface area (TPSA) is 70.5 Å². The first-order chi connectivity index (χ1) is 11.0. The van der Waals surface area contributed by atoms with Crippen LogP contribution in [0.1, 0.15) is 24.2 Å². The van der Waals surface area contributed by atoms with E-state index in [0.717, 1.165) is 17.4 Å². The summed E-state index contributed by atoms with van der Waals surface area (Å²) in [5.41, 5.74) is 0.939. The first kappa shape index (κ1) is 17.0. The van der Waals surface area contributed by atoms with Gasteiger partial charge in [-0.15, -0.1) is 0 Å². The van der Waals surface area contributed by atoms with E-state index in [-0.39, 0.29) is 23.3 Å². The summed E-state index contributed by atoms with van der Waals surface area (Å²) in [6.07, 6.45) is 1.52. The maximum absolute atomic E-state index is 12.6. The van der Waals surface area contributed by atoms with Crippen molar-refractivity contribution < 1.29 is 14.7 Å². The van der Waals surface area contributed by atoms with Crippen LogP contribution in [0.4, 0.5) is 5.69 Å². The standard InChI is InChI=1S/C17H18N2O3S/c1-12(2)19(13-7-4-3-5-8-13)15(20)11-23-16-14(17(21)22)9-6-10-18-16/h3-10,12H,11H2,1-2H3,(H,21,22). The fraction of sp³-hybridized carbons (Fsp3) is 0.235. The molecule has 1 amide bonds. The molecular formula is C17H18N2O3S. The van der Waals surface area contributed by atoms with Crippen molar-refractivity contribution in [3.05, 3.63) is 54.2 Å². The molecule has 23 heavy (non-hydrogen) atoms. The molecule has 0 saturated heterocycles. The van der Waals surface area contributed by atoms with Crippen LogP contribution < -0.4 is 4.90 Å². The summed E-state index contributed by atoms with van der Waals surface area (Å²) in [5.74, 6) is -1.00. The van der Waals surface area contributed by atoms with Crippen LogP contribution in [0.5, 0.6) is 0 Å². The van der Waals surface area contributed by atoms with Crippen molar-refractivity contribution in [3.63, 3.8) is 0 Å². The van der Waals surface area contributed by atoms with Crippen LogP contribution in [0.3, 0.4) is 0 Å². The molecule has 2 aromatic rings. The van der Waals surface area contributed by atoms with E-state index in [4.69, 9.17) is 5.11 Å². The van der Waals surface area contributed by atoms with Crippen LogP contribution >= 0.6 is 11.8 Å². The zero-order valence-electron chi connectivity index (χ0n) is 13.0. The molecule has 0 spiro atoms. The van der Waals surface area contributed by atoms with E-state index in [1.54, 1.807) is 11.0 Å². The molecule has 0 saturated carbocycles. The number of nitrogens with zero attached hydrogens (tertiary/aromatic N) is 2. The van der Waals surface area contributed by atoms with Gasteiger partial charge in [0.2, 0.25) is 5.91 Å². The van der Waals surface area contributed by atoms with E-state index in [2.05, 4.69) is 4.98 Å². The van der Waals surface area contributed by atoms with Gasteiger partial charge in [-0.2, -0.15) is 0 Å². The van der Waals surface area contributed by atoms with Crippen molar-refractivity contribution in [2.75, 3.05) is 10.7 Å². The first-order valence-corrected chi connectivity index (χ1v) is 8.17. The van der Waals surface area contributed by atoms with Crippen LogP contribution in [-0.2, 0) is 4.79 Å². The van der Waals surface area contributed by atoms with E-state index in [9.17, 15) is 9.59 Å². The summed E-state index contributed by atoms with van der Waals surface area (Å²) >= 11 is 1.14. The highest BCUT2D eigenvalue weighted by Gasteiger charge is 2.20. The number of pyridine rings is 1. The number of carboxylic acids is 1. The van der Waals surface area contributed by atoms with Crippen LogP contribution in [0, 0.1) is 0 Å². The number of rotatable bonds is 6. The van der Waals surface area contributed by atoms with Crippen LogP contribution in [-0.4, -0.2) is 33.8 Å². The molecule has 2 rings (SSSR count). The summed E-state index contributed by atoms with van der Waals surface area (Å²) in [6.45, 7) is 3.89. The second-order valence-electron chi connectivity index (χ2n) is 5.14. The molecule has 5 nitrogen and oxygen atoms in total. The van der Waals surface area contributed by atoms with Gasteiger partial charge >= 0.3 is 5.97 Å². The lowest BCUT2D eigenvalue weighted by molar-refractivity contribution is -0.116. The van der Waals surface area contributed by atoms with Crippen molar-refractivity contribution in [2.24, 2.45) is 0 Å². The van der Waals surface area contributed by atoms with Crippen LogP contribution in [0.25, 0.3) is 0 Å². The van der Waals surface area contributed by atoms with E-state index in [1.807, 2.05) is 44.2 Å². The van der Waals surface area contributed by atoms with Crippen molar-refractivity contribution in [1.29, 1.82) is 0 Å². The zero-order valence-corrected chi connectivity index (χ0v) is 13.8. The predicted molar refractivity (Wildman–Crippen MR) is 91.0 cm³/mol. The maximum Gasteiger partial charge on any atom is 0.338 e. The molecule has 0 radical (unpaired) electrons. The van der Waals surface area contributed by atoms with Crippen LogP contribution in [0.15, 0.2) is 53.7 Å². The molecule has 0 unspecified atom stereocenters. The molecule has 120 valence electrons. The summed E-state index contributed by atoms with van der Waals surface area (Å²) in [4.78, 5) is 29.5. The smallest absolute Gasteiger partial charge is 0.338 e. The van der Waals surface area contributed by atoms with Crippen molar-refractivity contribution in [3.8, 4) is 0 Å². The fourth-order valence-corrected chi connectivity index (χ4v) is 3.03. The third-order valence-electron chi connectivity index (χ3n) is 3.15. The van der Waals surface area contributed by atoms with Gasteiger partial charge in [-0.1, -0.05) is 30.0 Å². The molecular weight excluding hydrogens is 312 g/mol. The van der Waals surface area contributed by atoms with Gasteiger partial charge in [-0.3, -0.25) is 4.79 Å². The third-order valence-corrected chi connectivity index (χ3v) is 4.14. The molecule has 0 bridgehead atoms. The number of hydrogen-bond donors (Lipinski definition) is 1. The Morgan fingerprint density at radius 1 is 1.17 bits per heavy atom. The Hall–Kier alpha value is -2.34. The maximum atomic E-state index is 12.6. The summed E-state index contributed by atoms with van der Waals surface area (Å²) in [6, 6.07) is 12.5. The number of carbonyl (C=O) groups excluding carboxylic acids is 1. The predicted octanol–water partition coefficient (Wildman–Crippen LogP) is 3.31. The number of carbonyl (C=O) groups is 2. The Bertz CT molecular complexity index is 689. The molecule has 0 atom stereocenters. The van der Waals surface area contributed by atoms with E-state index in [0.29, 0.717) is 5.03 Å². The summed E-state index contributed by atoms with van der Waals surface area (Å²) in [5, 5.41) is 9.51. The Kier molecular flexibility index (Phi) is 5.76. The van der Waals surface area contributed by atoms with Gasteiger partial charge in [0.25, 0.3) is 0 Å². The minimum absolute atomic E-state index is 0.00757. The lowest BCUT2D eigenvalue weighted by atomic mass is 10.2. The lowest BCUT2D eigenvalue weighted by Gasteiger charge is -2.26. The number of para-hydroxylation sites is 1. The number of anilines is 1. The molecule has 0 aliphatic carbocycles. The van der Waals surface area contributed by atoms with Crippen LogP contribution in [0.2, 0.25) is 0 Å². The average Bonchev–Trinajstić information content (AvgIpc) is 2.54. The highest BCUT2D eigenvalue weighted by Crippen LogP contribution is 2.23. The number of benzene rings is 1. The number of aromatic carboxylic acids is 1. The zero-order chi connectivity index (χ0) is 16.8. The molecule has 1 heterocycles. The average molecular weight is 330 g/mol. The highest BCUT2D eigenvalue weighted by molar-refractivity contribution is 8.00. The molecule has 6 heteroatoms. The SMILES string of the molecule is CC(C)N(C(=O)CSc1ncccc1C(=O)O)c1ccccc1. The molecule has 0 aliphatic rings. The van der Waals surface area contributed by atoms with E-state index >= 15 is 0 Å². The normalized spacial score (nSPS) is 10.6. The van der Waals surface area contributed by atoms with Gasteiger partial charge in [-0.05, 0) is 38.1 Å². The quantitative estimate of drug-likeness (QED) is 0.823. The molecule has 1 aromatic carbocycles. The lowest BCUT2D eigenvalue weighted by Crippen LogP contribution is -2.38. The third kappa shape index (κ3) is 4.32. The van der Waals surface area contributed by atoms with Gasteiger partial charge in [0.05, 0.1) is 11.3 Å². The van der Waals surface area contributed by atoms with Crippen molar-refractivity contribution in [2.45, 2.75) is 24.9 Å². The largest absolute Gasteiger partial charge is 0.478 e. The minimum atomic E-state index is -1.04. The van der Waals surface area contributed by atoms with Gasteiger partial charge in [0.15, 0.2) is 0 Å². The number of amides is 1. The Balaban J connectivity index is 2.13. The van der Waals surface area contributed by atoms with Crippen molar-refractivity contribution in [1.82, 2.24) is 4.98 Å².